The van der Waals surface area contributed by atoms with Gasteiger partial charge >= 0.3 is 11.9 Å². The zero-order valence-electron chi connectivity index (χ0n) is 8.11. The maximum absolute atomic E-state index is 10.2. The third kappa shape index (κ3) is 8.73. The fourth-order valence-corrected chi connectivity index (χ4v) is 0.577. The number of carboxylic acid groups (broad SMARTS) is 2. The third-order valence-corrected chi connectivity index (χ3v) is 1.00. The third-order valence-electron chi connectivity index (χ3n) is 1.00. The molecule has 0 saturated heterocycles. The van der Waals surface area contributed by atoms with E-state index in [2.05, 4.69) is 4.74 Å². The van der Waals surface area contributed by atoms with Crippen LogP contribution < -0.4 is 12.3 Å². The van der Waals surface area contributed by atoms with Crippen LogP contribution in [0.25, 0.3) is 0 Å². The Morgan fingerprint density at radius 3 is 2.00 bits per heavy atom. The van der Waals surface area contributed by atoms with Crippen LogP contribution >= 0.6 is 0 Å². The lowest BCUT2D eigenvalue weighted by Crippen LogP contribution is -2.26. The normalized spacial score (nSPS) is 10.5. The fraction of sp³-hybridized carbons (Fsp3) is 0.667. The van der Waals surface area contributed by atoms with Crippen molar-refractivity contribution in [3.05, 3.63) is 0 Å². The molecular weight excluding hydrogens is 180 g/mol. The first kappa shape index (κ1) is 17.8. The molecule has 0 heterocycles. The quantitative estimate of drug-likeness (QED) is 0.511. The van der Waals surface area contributed by atoms with Gasteiger partial charge in [0.05, 0.1) is 6.42 Å². The Kier molecular flexibility index (Phi) is 12.2. The van der Waals surface area contributed by atoms with Crippen molar-refractivity contribution in [2.75, 3.05) is 6.61 Å². The van der Waals surface area contributed by atoms with Gasteiger partial charge in [0, 0.05) is 6.61 Å². The minimum atomic E-state index is -1.24. The van der Waals surface area contributed by atoms with Gasteiger partial charge in [-0.3, -0.25) is 4.79 Å². The summed E-state index contributed by atoms with van der Waals surface area (Å²) in [6.07, 6.45) is -1.72. The van der Waals surface area contributed by atoms with Gasteiger partial charge in [-0.1, -0.05) is 0 Å². The largest absolute Gasteiger partial charge is 0.481 e. The average Bonchev–Trinajstić information content (AvgIpc) is 1.86. The fourth-order valence-electron chi connectivity index (χ4n) is 0.577. The molecule has 0 aromatic rings. The predicted molar refractivity (Wildman–Crippen MR) is 47.3 cm³/mol. The molecule has 0 aliphatic rings. The second-order valence-corrected chi connectivity index (χ2v) is 1.88. The molecule has 7 nitrogen and oxygen atoms in total. The lowest BCUT2D eigenvalue weighted by molar-refractivity contribution is -0.156. The molecule has 7 heteroatoms. The van der Waals surface area contributed by atoms with Crippen molar-refractivity contribution in [2.24, 2.45) is 0 Å². The van der Waals surface area contributed by atoms with E-state index in [0.29, 0.717) is 0 Å². The topological polar surface area (TPSA) is 157 Å². The smallest absolute Gasteiger partial charge is 0.333 e. The van der Waals surface area contributed by atoms with Crippen LogP contribution in [0.3, 0.4) is 0 Å². The van der Waals surface area contributed by atoms with Gasteiger partial charge in [0.25, 0.3) is 0 Å². The van der Waals surface area contributed by atoms with Crippen LogP contribution in [0, 0.1) is 0 Å². The molecule has 0 spiro atoms. The zero-order chi connectivity index (χ0) is 8.85. The van der Waals surface area contributed by atoms with E-state index in [4.69, 9.17) is 10.2 Å². The Hall–Kier alpha value is -1.18. The molecule has 0 amide bonds. The average molecular weight is 198 g/mol. The maximum Gasteiger partial charge on any atom is 0.333 e. The number of carbonyl (C=O) groups is 2. The lowest BCUT2D eigenvalue weighted by atomic mass is 10.2. The number of hydrogen-bond donors (Lipinski definition) is 4. The minimum Gasteiger partial charge on any atom is -0.481 e. The van der Waals surface area contributed by atoms with E-state index in [9.17, 15) is 9.59 Å². The van der Waals surface area contributed by atoms with Crippen molar-refractivity contribution < 1.29 is 24.5 Å². The van der Waals surface area contributed by atoms with Gasteiger partial charge in [-0.25, -0.2) is 4.79 Å². The molecule has 0 aromatic carbocycles. The molecular formula is C6H18N2O5+2. The Balaban J connectivity index is -0.000000500. The summed E-state index contributed by atoms with van der Waals surface area (Å²) >= 11 is 0. The van der Waals surface area contributed by atoms with Crippen molar-refractivity contribution in [1.29, 1.82) is 0 Å². The lowest BCUT2D eigenvalue weighted by Gasteiger charge is -2.08. The van der Waals surface area contributed by atoms with Crippen molar-refractivity contribution >= 4 is 11.9 Å². The first-order chi connectivity index (χ1) is 5.07. The van der Waals surface area contributed by atoms with Crippen molar-refractivity contribution in [3.8, 4) is 0 Å². The Morgan fingerprint density at radius 1 is 1.31 bits per heavy atom. The highest BCUT2D eigenvalue weighted by atomic mass is 16.5. The van der Waals surface area contributed by atoms with Crippen molar-refractivity contribution in [1.82, 2.24) is 12.3 Å². The maximum atomic E-state index is 10.2. The summed E-state index contributed by atoms with van der Waals surface area (Å²) < 4.78 is 4.63. The summed E-state index contributed by atoms with van der Waals surface area (Å²) in [7, 11) is 0. The van der Waals surface area contributed by atoms with Gasteiger partial charge in [-0.2, -0.15) is 0 Å². The van der Waals surface area contributed by atoms with Crippen LogP contribution in [-0.2, 0) is 14.3 Å². The molecule has 0 aliphatic heterocycles. The Labute approximate surface area is 75.9 Å². The molecule has 0 fully saturated rings. The molecule has 10 N–H and O–H groups in total. The Bertz CT molecular complexity index is 161. The van der Waals surface area contributed by atoms with E-state index >= 15 is 0 Å². The SMILES string of the molecule is CCO[C@H](CC(=O)O)C(=O)O.[NH4+].[NH4+]. The van der Waals surface area contributed by atoms with Gasteiger partial charge in [0.15, 0.2) is 6.10 Å². The molecule has 0 rings (SSSR count). The number of hydrogen-bond acceptors (Lipinski definition) is 3. The molecule has 0 saturated carbocycles. The minimum absolute atomic E-state index is 0. The van der Waals surface area contributed by atoms with Gasteiger partial charge in [-0.05, 0) is 6.92 Å². The van der Waals surface area contributed by atoms with Crippen molar-refractivity contribution in [2.45, 2.75) is 19.4 Å². The highest BCUT2D eigenvalue weighted by Gasteiger charge is 2.20. The number of quaternary nitrogens is 2. The van der Waals surface area contributed by atoms with Crippen LogP contribution in [0.4, 0.5) is 0 Å². The molecule has 13 heavy (non-hydrogen) atoms. The molecule has 0 radical (unpaired) electrons. The number of rotatable bonds is 5. The van der Waals surface area contributed by atoms with E-state index in [1.165, 1.54) is 0 Å². The first-order valence-corrected chi connectivity index (χ1v) is 3.14. The highest BCUT2D eigenvalue weighted by Crippen LogP contribution is 1.98. The van der Waals surface area contributed by atoms with Crippen LogP contribution in [0.1, 0.15) is 13.3 Å². The van der Waals surface area contributed by atoms with E-state index in [1.807, 2.05) is 0 Å². The molecule has 1 atom stereocenters. The van der Waals surface area contributed by atoms with Crippen LogP contribution in [-0.4, -0.2) is 34.9 Å². The predicted octanol–water partition coefficient (Wildman–Crippen LogP) is 0.703. The zero-order valence-corrected chi connectivity index (χ0v) is 8.11. The van der Waals surface area contributed by atoms with Crippen LogP contribution in [0.15, 0.2) is 0 Å². The van der Waals surface area contributed by atoms with E-state index in [0.717, 1.165) is 0 Å². The van der Waals surface area contributed by atoms with Crippen molar-refractivity contribution in [3.63, 3.8) is 0 Å². The van der Waals surface area contributed by atoms with E-state index in [1.54, 1.807) is 6.92 Å². The summed E-state index contributed by atoms with van der Waals surface area (Å²) in [5.74, 6) is -2.42. The van der Waals surface area contributed by atoms with Gasteiger partial charge in [0.2, 0.25) is 0 Å². The summed E-state index contributed by atoms with van der Waals surface area (Å²) in [5.41, 5.74) is 0. The first-order valence-electron chi connectivity index (χ1n) is 3.14. The molecule has 80 valence electrons. The second kappa shape index (κ2) is 8.91. The Morgan fingerprint density at radius 2 is 1.77 bits per heavy atom. The monoisotopic (exact) mass is 198 g/mol. The second-order valence-electron chi connectivity index (χ2n) is 1.88. The standard InChI is InChI=1S/C6H10O5.2H3N/c1-2-11-4(6(9)10)3-5(7)8;;/h4H,2-3H2,1H3,(H,7,8)(H,9,10);2*1H3/p+2/t4-;;/m1../s1. The highest BCUT2D eigenvalue weighted by molar-refractivity contribution is 5.79. The summed E-state index contributed by atoms with van der Waals surface area (Å²) in [4.78, 5) is 20.3. The molecule has 0 aromatic heterocycles. The summed E-state index contributed by atoms with van der Waals surface area (Å²) in [5, 5.41) is 16.6. The number of aliphatic carboxylic acids is 2. The molecule has 0 aliphatic carbocycles. The number of carboxylic acids is 2. The molecule has 0 unspecified atom stereocenters. The number of ether oxygens (including phenoxy) is 1. The van der Waals surface area contributed by atoms with E-state index < -0.39 is 24.5 Å². The molecule has 0 bridgehead atoms. The van der Waals surface area contributed by atoms with Gasteiger partial charge in [0.1, 0.15) is 0 Å². The van der Waals surface area contributed by atoms with Gasteiger partial charge in [-0.15, -0.1) is 0 Å². The van der Waals surface area contributed by atoms with Crippen LogP contribution in [0.2, 0.25) is 0 Å². The van der Waals surface area contributed by atoms with E-state index in [-0.39, 0.29) is 18.9 Å². The summed E-state index contributed by atoms with van der Waals surface area (Å²) in [6, 6.07) is 0. The van der Waals surface area contributed by atoms with Gasteiger partial charge < -0.3 is 27.3 Å². The van der Waals surface area contributed by atoms with Crippen LogP contribution in [0.5, 0.6) is 0 Å². The summed E-state index contributed by atoms with van der Waals surface area (Å²) in [6.45, 7) is 1.81.